The molecule has 0 bridgehead atoms. The second kappa shape index (κ2) is 5.40. The number of nitrogens with one attached hydrogen (secondary N) is 1. The molecular formula is C9H19NS2. The fraction of sp³-hybridized carbons (Fsp3) is 1.00. The van der Waals surface area contributed by atoms with Gasteiger partial charge < -0.3 is 5.32 Å². The summed E-state index contributed by atoms with van der Waals surface area (Å²) < 4.78 is 0. The second-order valence-electron chi connectivity index (χ2n) is 3.92. The minimum absolute atomic E-state index is 0.684. The van der Waals surface area contributed by atoms with E-state index in [2.05, 4.69) is 37.5 Å². The Morgan fingerprint density at radius 1 is 1.25 bits per heavy atom. The Bertz CT molecular complexity index is 130. The van der Waals surface area contributed by atoms with Gasteiger partial charge in [0.25, 0.3) is 0 Å². The third-order valence-electron chi connectivity index (χ3n) is 2.68. The normalized spacial score (nSPS) is 36.8. The summed E-state index contributed by atoms with van der Waals surface area (Å²) >= 11 is 8.56. The summed E-state index contributed by atoms with van der Waals surface area (Å²) in [4.78, 5) is 0. The number of hydrogen-bond donors (Lipinski definition) is 3. The monoisotopic (exact) mass is 205 g/mol. The highest BCUT2D eigenvalue weighted by atomic mass is 32.1. The predicted molar refractivity (Wildman–Crippen MR) is 61.1 cm³/mol. The molecule has 1 aliphatic carbocycles. The fourth-order valence-corrected chi connectivity index (χ4v) is 2.75. The van der Waals surface area contributed by atoms with Crippen LogP contribution < -0.4 is 5.32 Å². The van der Waals surface area contributed by atoms with Crippen LogP contribution in [0.4, 0.5) is 0 Å². The first-order valence-electron chi connectivity index (χ1n) is 4.71. The van der Waals surface area contributed by atoms with Gasteiger partial charge >= 0.3 is 0 Å². The molecule has 0 radical (unpaired) electrons. The third kappa shape index (κ3) is 3.19. The Labute approximate surface area is 86.5 Å². The molecule has 1 fully saturated rings. The molecule has 0 aromatic carbocycles. The Morgan fingerprint density at radius 3 is 2.58 bits per heavy atom. The van der Waals surface area contributed by atoms with Gasteiger partial charge in [0.2, 0.25) is 0 Å². The topological polar surface area (TPSA) is 12.0 Å². The van der Waals surface area contributed by atoms with Crippen molar-refractivity contribution < 1.29 is 0 Å². The summed E-state index contributed by atoms with van der Waals surface area (Å²) in [5.74, 6) is 3.51. The molecule has 0 spiro atoms. The lowest BCUT2D eigenvalue weighted by Crippen LogP contribution is -2.36. The minimum Gasteiger partial charge on any atom is -0.305 e. The summed E-state index contributed by atoms with van der Waals surface area (Å²) in [7, 11) is 0. The van der Waals surface area contributed by atoms with Gasteiger partial charge in [-0.3, -0.25) is 0 Å². The largest absolute Gasteiger partial charge is 0.305 e. The van der Waals surface area contributed by atoms with E-state index in [0.29, 0.717) is 6.04 Å². The molecule has 0 aliphatic heterocycles. The summed E-state index contributed by atoms with van der Waals surface area (Å²) in [6, 6.07) is 0.684. The maximum atomic E-state index is 4.37. The van der Waals surface area contributed by atoms with Crippen LogP contribution in [0.25, 0.3) is 0 Å². The van der Waals surface area contributed by atoms with Crippen molar-refractivity contribution in [2.45, 2.75) is 32.2 Å². The number of rotatable bonds is 3. The van der Waals surface area contributed by atoms with Crippen molar-refractivity contribution >= 4 is 25.3 Å². The zero-order valence-corrected chi connectivity index (χ0v) is 9.45. The lowest BCUT2D eigenvalue weighted by Gasteiger charge is -2.32. The van der Waals surface area contributed by atoms with Crippen LogP contribution in [-0.4, -0.2) is 17.7 Å². The Balaban J connectivity index is 2.34. The molecule has 1 aliphatic rings. The van der Waals surface area contributed by atoms with E-state index in [1.54, 1.807) is 0 Å². The van der Waals surface area contributed by atoms with Gasteiger partial charge in [0.15, 0.2) is 0 Å². The molecule has 0 saturated heterocycles. The van der Waals surface area contributed by atoms with E-state index in [4.69, 9.17) is 0 Å². The summed E-state index contributed by atoms with van der Waals surface area (Å²) in [5, 5.41) is 3.41. The van der Waals surface area contributed by atoms with E-state index in [1.165, 1.54) is 19.3 Å². The van der Waals surface area contributed by atoms with Crippen LogP contribution in [0.15, 0.2) is 0 Å². The van der Waals surface area contributed by atoms with Gasteiger partial charge in [-0.2, -0.15) is 25.3 Å². The highest BCUT2D eigenvalue weighted by Gasteiger charge is 2.24. The lowest BCUT2D eigenvalue weighted by molar-refractivity contribution is 0.249. The summed E-state index contributed by atoms with van der Waals surface area (Å²) in [5.41, 5.74) is 0. The molecule has 3 heteroatoms. The number of hydrogen-bond acceptors (Lipinski definition) is 3. The van der Waals surface area contributed by atoms with Gasteiger partial charge in [0, 0.05) is 11.9 Å². The Hall–Kier alpha value is 0.660. The minimum atomic E-state index is 0.684. The van der Waals surface area contributed by atoms with Crippen LogP contribution in [0, 0.1) is 11.8 Å². The summed E-state index contributed by atoms with van der Waals surface area (Å²) in [6.45, 7) is 2.34. The van der Waals surface area contributed by atoms with Crippen molar-refractivity contribution in [2.24, 2.45) is 11.8 Å². The second-order valence-corrected chi connectivity index (χ2v) is 4.60. The smallest absolute Gasteiger partial charge is 0.0389 e. The third-order valence-corrected chi connectivity index (χ3v) is 3.38. The molecule has 72 valence electrons. The molecule has 1 rings (SSSR count). The zero-order chi connectivity index (χ0) is 8.97. The average molecular weight is 205 g/mol. The standard InChI is InChI=1S/C9H19NS2/c1-7-2-8(5-11)4-9(3-7)10-6-12/h7-12H,2-6H2,1H3. The summed E-state index contributed by atoms with van der Waals surface area (Å²) in [6.07, 6.45) is 3.95. The first kappa shape index (κ1) is 10.7. The van der Waals surface area contributed by atoms with Crippen molar-refractivity contribution in [3.63, 3.8) is 0 Å². The predicted octanol–water partition coefficient (Wildman–Crippen LogP) is 2.20. The van der Waals surface area contributed by atoms with Gasteiger partial charge in [-0.25, -0.2) is 0 Å². The first-order valence-corrected chi connectivity index (χ1v) is 5.97. The van der Waals surface area contributed by atoms with Gasteiger partial charge in [-0.05, 0) is 36.9 Å². The van der Waals surface area contributed by atoms with Crippen LogP contribution in [0.3, 0.4) is 0 Å². The molecular weight excluding hydrogens is 186 g/mol. The molecule has 0 heterocycles. The Morgan fingerprint density at radius 2 is 2.00 bits per heavy atom. The van der Waals surface area contributed by atoms with E-state index in [-0.39, 0.29) is 0 Å². The zero-order valence-electron chi connectivity index (χ0n) is 7.66. The van der Waals surface area contributed by atoms with Crippen LogP contribution >= 0.6 is 25.3 Å². The van der Waals surface area contributed by atoms with Crippen molar-refractivity contribution in [2.75, 3.05) is 11.6 Å². The van der Waals surface area contributed by atoms with Crippen molar-refractivity contribution in [1.29, 1.82) is 0 Å². The molecule has 3 atom stereocenters. The molecule has 1 N–H and O–H groups in total. The van der Waals surface area contributed by atoms with Crippen molar-refractivity contribution in [1.82, 2.24) is 5.32 Å². The van der Waals surface area contributed by atoms with Crippen molar-refractivity contribution in [3.8, 4) is 0 Å². The molecule has 1 saturated carbocycles. The van der Waals surface area contributed by atoms with E-state index in [9.17, 15) is 0 Å². The molecule has 3 unspecified atom stereocenters. The van der Waals surface area contributed by atoms with Gasteiger partial charge in [-0.15, -0.1) is 0 Å². The molecule has 1 nitrogen and oxygen atoms in total. The van der Waals surface area contributed by atoms with E-state index < -0.39 is 0 Å². The van der Waals surface area contributed by atoms with Crippen LogP contribution in [-0.2, 0) is 0 Å². The van der Waals surface area contributed by atoms with Gasteiger partial charge in [0.1, 0.15) is 0 Å². The van der Waals surface area contributed by atoms with E-state index in [0.717, 1.165) is 23.5 Å². The maximum absolute atomic E-state index is 4.37. The van der Waals surface area contributed by atoms with Crippen LogP contribution in [0.5, 0.6) is 0 Å². The Kier molecular flexibility index (Phi) is 4.84. The lowest BCUT2D eigenvalue weighted by atomic mass is 9.80. The number of thiol groups is 2. The SMILES string of the molecule is CC1CC(CS)CC(NCS)C1. The highest BCUT2D eigenvalue weighted by molar-refractivity contribution is 7.80. The molecule has 0 aromatic heterocycles. The van der Waals surface area contributed by atoms with Crippen LogP contribution in [0.1, 0.15) is 26.2 Å². The molecule has 0 aromatic rings. The van der Waals surface area contributed by atoms with Gasteiger partial charge in [-0.1, -0.05) is 6.92 Å². The van der Waals surface area contributed by atoms with Crippen LogP contribution in [0.2, 0.25) is 0 Å². The first-order chi connectivity index (χ1) is 5.76. The fourth-order valence-electron chi connectivity index (χ4n) is 2.19. The van der Waals surface area contributed by atoms with Crippen molar-refractivity contribution in [3.05, 3.63) is 0 Å². The quantitative estimate of drug-likeness (QED) is 0.474. The highest BCUT2D eigenvalue weighted by Crippen LogP contribution is 2.29. The van der Waals surface area contributed by atoms with E-state index >= 15 is 0 Å². The van der Waals surface area contributed by atoms with E-state index in [1.807, 2.05) is 0 Å². The van der Waals surface area contributed by atoms with Gasteiger partial charge in [0.05, 0.1) is 0 Å². The molecule has 12 heavy (non-hydrogen) atoms. The average Bonchev–Trinajstić information content (AvgIpc) is 2.04. The molecule has 0 amide bonds. The maximum Gasteiger partial charge on any atom is 0.0389 e.